The minimum absolute atomic E-state index is 0.124. The molecule has 0 fully saturated rings. The van der Waals surface area contributed by atoms with Gasteiger partial charge in [-0.2, -0.15) is 5.10 Å². The van der Waals surface area contributed by atoms with Gasteiger partial charge in [0, 0.05) is 18.3 Å². The van der Waals surface area contributed by atoms with Gasteiger partial charge in [-0.3, -0.25) is 0 Å². The third-order valence-corrected chi connectivity index (χ3v) is 3.40. The first-order valence-corrected chi connectivity index (χ1v) is 7.43. The minimum atomic E-state index is -0.124. The Morgan fingerprint density at radius 2 is 2.04 bits per heavy atom. The number of pyridine rings is 1. The third kappa shape index (κ3) is 2.91. The molecule has 0 aliphatic rings. The van der Waals surface area contributed by atoms with Gasteiger partial charge < -0.3 is 4.74 Å². The van der Waals surface area contributed by atoms with E-state index in [1.807, 2.05) is 43.5 Å². The van der Waals surface area contributed by atoms with Gasteiger partial charge >= 0.3 is 0 Å². The molecular weight excluding hydrogens is 308 g/mol. The van der Waals surface area contributed by atoms with Crippen LogP contribution in [0.4, 0.5) is 0 Å². The number of nitrogens with zero attached hydrogens (tertiary/aromatic N) is 8. The van der Waals surface area contributed by atoms with Crippen LogP contribution in [-0.4, -0.2) is 45.9 Å². The van der Waals surface area contributed by atoms with Gasteiger partial charge in [-0.25, -0.2) is 19.2 Å². The molecule has 4 heterocycles. The molecule has 24 heavy (non-hydrogen) atoms. The quantitative estimate of drug-likeness (QED) is 0.545. The van der Waals surface area contributed by atoms with E-state index in [9.17, 15) is 0 Å². The van der Waals surface area contributed by atoms with Gasteiger partial charge in [0.05, 0.1) is 24.1 Å². The van der Waals surface area contributed by atoms with E-state index in [-0.39, 0.29) is 6.10 Å². The summed E-state index contributed by atoms with van der Waals surface area (Å²) >= 11 is 0. The molecule has 0 aliphatic heterocycles. The molecule has 4 aromatic heterocycles. The van der Waals surface area contributed by atoms with Crippen molar-refractivity contribution in [2.45, 2.75) is 19.6 Å². The van der Waals surface area contributed by atoms with E-state index in [1.165, 1.54) is 0 Å². The minimum Gasteiger partial charge on any atom is -0.473 e. The molecule has 0 bridgehead atoms. The Bertz CT molecular complexity index is 949. The summed E-state index contributed by atoms with van der Waals surface area (Å²) in [4.78, 5) is 9.07. The molecule has 4 aromatic rings. The second-order valence-electron chi connectivity index (χ2n) is 5.27. The van der Waals surface area contributed by atoms with Crippen molar-refractivity contribution in [3.8, 4) is 17.3 Å². The topological polar surface area (TPSA) is 95.9 Å². The van der Waals surface area contributed by atoms with Crippen LogP contribution in [0.15, 0.2) is 49.1 Å². The van der Waals surface area contributed by atoms with Crippen LogP contribution in [0.25, 0.3) is 17.0 Å². The van der Waals surface area contributed by atoms with Crippen molar-refractivity contribution in [2.75, 3.05) is 0 Å². The molecule has 9 nitrogen and oxygen atoms in total. The van der Waals surface area contributed by atoms with Crippen LogP contribution in [0.1, 0.15) is 6.92 Å². The first kappa shape index (κ1) is 14.2. The van der Waals surface area contributed by atoms with Gasteiger partial charge in [0.1, 0.15) is 12.4 Å². The molecule has 0 saturated heterocycles. The van der Waals surface area contributed by atoms with E-state index >= 15 is 0 Å². The predicted molar refractivity (Wildman–Crippen MR) is 84.1 cm³/mol. The van der Waals surface area contributed by atoms with Crippen molar-refractivity contribution in [1.29, 1.82) is 0 Å². The summed E-state index contributed by atoms with van der Waals surface area (Å²) < 4.78 is 9.17. The Hall–Kier alpha value is -3.36. The fourth-order valence-electron chi connectivity index (χ4n) is 2.35. The first-order chi connectivity index (χ1) is 11.8. The lowest BCUT2D eigenvalue weighted by Crippen LogP contribution is -2.20. The Morgan fingerprint density at radius 3 is 2.92 bits per heavy atom. The van der Waals surface area contributed by atoms with Crippen molar-refractivity contribution in [3.63, 3.8) is 0 Å². The van der Waals surface area contributed by atoms with Crippen LogP contribution in [0.2, 0.25) is 0 Å². The fourth-order valence-corrected chi connectivity index (χ4v) is 2.35. The van der Waals surface area contributed by atoms with Gasteiger partial charge in [0.15, 0.2) is 5.65 Å². The third-order valence-electron chi connectivity index (χ3n) is 3.40. The highest BCUT2D eigenvalue weighted by molar-refractivity contribution is 5.57. The van der Waals surface area contributed by atoms with Gasteiger partial charge in [0.2, 0.25) is 5.88 Å². The van der Waals surface area contributed by atoms with Crippen molar-refractivity contribution in [2.24, 2.45) is 0 Å². The average molecular weight is 322 g/mol. The maximum atomic E-state index is 5.85. The van der Waals surface area contributed by atoms with Crippen molar-refractivity contribution >= 4 is 5.65 Å². The van der Waals surface area contributed by atoms with E-state index < -0.39 is 0 Å². The van der Waals surface area contributed by atoms with E-state index in [0.29, 0.717) is 12.4 Å². The van der Waals surface area contributed by atoms with E-state index in [2.05, 4.69) is 30.6 Å². The molecule has 9 heteroatoms. The molecule has 1 atom stereocenters. The summed E-state index contributed by atoms with van der Waals surface area (Å²) in [5, 5.41) is 15.2. The number of hydrogen-bond acceptors (Lipinski definition) is 7. The zero-order valence-corrected chi connectivity index (χ0v) is 12.9. The number of ether oxygens (including phenoxy) is 1. The summed E-state index contributed by atoms with van der Waals surface area (Å²) in [6.45, 7) is 2.48. The molecule has 0 amide bonds. The number of fused-ring (bicyclic) bond motifs is 1. The average Bonchev–Trinajstić information content (AvgIpc) is 3.25. The standard InChI is InChI=1S/C15H14N8O/c1-11(9-22-10-16-20-21-22)24-15-4-2-3-12(19-15)13-6-8-23-14(18-13)5-7-17-23/h2-8,10-11H,9H2,1H3/t11-/m0/s1. The van der Waals surface area contributed by atoms with E-state index in [4.69, 9.17) is 4.74 Å². The largest absolute Gasteiger partial charge is 0.473 e. The summed E-state index contributed by atoms with van der Waals surface area (Å²) in [5.74, 6) is 0.531. The number of hydrogen-bond donors (Lipinski definition) is 0. The molecule has 0 aliphatic carbocycles. The maximum Gasteiger partial charge on any atom is 0.214 e. The molecular formula is C15H14N8O. The predicted octanol–water partition coefficient (Wildman–Crippen LogP) is 1.25. The molecule has 0 N–H and O–H groups in total. The molecule has 0 unspecified atom stereocenters. The maximum absolute atomic E-state index is 5.85. The Morgan fingerprint density at radius 1 is 1.12 bits per heavy atom. The Balaban J connectivity index is 1.54. The normalized spacial score (nSPS) is 12.4. The smallest absolute Gasteiger partial charge is 0.214 e. The number of aromatic nitrogens is 8. The lowest BCUT2D eigenvalue weighted by molar-refractivity contribution is 0.185. The molecule has 4 rings (SSSR count). The van der Waals surface area contributed by atoms with E-state index in [0.717, 1.165) is 17.0 Å². The lowest BCUT2D eigenvalue weighted by Gasteiger charge is -2.13. The van der Waals surface area contributed by atoms with Crippen molar-refractivity contribution in [1.82, 2.24) is 39.8 Å². The highest BCUT2D eigenvalue weighted by Gasteiger charge is 2.09. The summed E-state index contributed by atoms with van der Waals surface area (Å²) in [6, 6.07) is 9.32. The zero-order valence-electron chi connectivity index (χ0n) is 12.9. The summed E-state index contributed by atoms with van der Waals surface area (Å²) in [5.41, 5.74) is 2.28. The molecule has 0 aromatic carbocycles. The van der Waals surface area contributed by atoms with E-state index in [1.54, 1.807) is 21.7 Å². The highest BCUT2D eigenvalue weighted by atomic mass is 16.5. The SMILES string of the molecule is C[C@@H](Cn1cnnn1)Oc1cccc(-c2ccn3nccc3n2)n1. The van der Waals surface area contributed by atoms with Crippen LogP contribution < -0.4 is 4.74 Å². The number of tetrazole rings is 1. The molecule has 0 radical (unpaired) electrons. The fraction of sp³-hybridized carbons (Fsp3) is 0.200. The number of rotatable bonds is 5. The van der Waals surface area contributed by atoms with Gasteiger partial charge in [-0.1, -0.05) is 6.07 Å². The second-order valence-corrected chi connectivity index (χ2v) is 5.27. The first-order valence-electron chi connectivity index (χ1n) is 7.43. The monoisotopic (exact) mass is 322 g/mol. The van der Waals surface area contributed by atoms with Gasteiger partial charge in [-0.15, -0.1) is 5.10 Å². The molecule has 0 saturated carbocycles. The van der Waals surface area contributed by atoms with Crippen LogP contribution in [0, 0.1) is 0 Å². The second kappa shape index (κ2) is 6.03. The van der Waals surface area contributed by atoms with Gasteiger partial charge in [-0.05, 0) is 29.5 Å². The van der Waals surface area contributed by atoms with Gasteiger partial charge in [0.25, 0.3) is 0 Å². The summed E-state index contributed by atoms with van der Waals surface area (Å²) in [6.07, 6.45) is 4.99. The van der Waals surface area contributed by atoms with Crippen LogP contribution in [0.5, 0.6) is 5.88 Å². The van der Waals surface area contributed by atoms with Crippen molar-refractivity contribution < 1.29 is 4.74 Å². The van der Waals surface area contributed by atoms with Crippen LogP contribution in [-0.2, 0) is 6.54 Å². The zero-order chi connectivity index (χ0) is 16.4. The van der Waals surface area contributed by atoms with Crippen LogP contribution >= 0.6 is 0 Å². The Labute approximate surface area is 136 Å². The lowest BCUT2D eigenvalue weighted by atomic mass is 10.2. The highest BCUT2D eigenvalue weighted by Crippen LogP contribution is 2.19. The Kier molecular flexibility index (Phi) is 3.58. The molecule has 120 valence electrons. The molecule has 0 spiro atoms. The van der Waals surface area contributed by atoms with Crippen LogP contribution in [0.3, 0.4) is 0 Å². The summed E-state index contributed by atoms with van der Waals surface area (Å²) in [7, 11) is 0. The van der Waals surface area contributed by atoms with Crippen molar-refractivity contribution in [3.05, 3.63) is 49.1 Å².